The second kappa shape index (κ2) is 12.4. The molecule has 6 nitrogen and oxygen atoms in total. The number of para-hydroxylation sites is 1. The highest BCUT2D eigenvalue weighted by atomic mass is 32.2. The lowest BCUT2D eigenvalue weighted by molar-refractivity contribution is -0.117. The van der Waals surface area contributed by atoms with Gasteiger partial charge in [-0.25, -0.2) is 9.38 Å². The van der Waals surface area contributed by atoms with E-state index >= 15 is 0 Å². The van der Waals surface area contributed by atoms with E-state index in [1.165, 1.54) is 30.7 Å². The first kappa shape index (κ1) is 26.1. The van der Waals surface area contributed by atoms with E-state index in [9.17, 15) is 14.0 Å². The maximum absolute atomic E-state index is 14.4. The van der Waals surface area contributed by atoms with Crippen LogP contribution in [0.15, 0.2) is 82.7 Å². The van der Waals surface area contributed by atoms with Gasteiger partial charge in [-0.3, -0.25) is 9.59 Å². The number of carbonyl (C=O) groups is 2. The third-order valence-corrected chi connectivity index (χ3v) is 7.83. The summed E-state index contributed by atoms with van der Waals surface area (Å²) in [6, 6.07) is 21.2. The summed E-state index contributed by atoms with van der Waals surface area (Å²) < 4.78 is 14.4. The number of halogens is 1. The number of fused-ring (bicyclic) bond motifs is 1. The molecular weight excluding hydrogens is 499 g/mol. The molecule has 8 heteroatoms. The van der Waals surface area contributed by atoms with Gasteiger partial charge in [-0.1, -0.05) is 42.1 Å². The lowest BCUT2D eigenvalue weighted by Crippen LogP contribution is -2.30. The van der Waals surface area contributed by atoms with Gasteiger partial charge in [0, 0.05) is 22.6 Å². The Bertz CT molecular complexity index is 1320. The van der Waals surface area contributed by atoms with Crippen LogP contribution in [-0.4, -0.2) is 47.9 Å². The van der Waals surface area contributed by atoms with E-state index in [2.05, 4.69) is 10.2 Å². The summed E-state index contributed by atoms with van der Waals surface area (Å²) in [6.07, 6.45) is 3.59. The van der Waals surface area contributed by atoms with Gasteiger partial charge in [0.25, 0.3) is 5.91 Å². The monoisotopic (exact) mass is 530 g/mol. The molecule has 1 fully saturated rings. The molecule has 1 N–H and O–H groups in total. The molecule has 1 saturated heterocycles. The van der Waals surface area contributed by atoms with Gasteiger partial charge in [0.1, 0.15) is 5.82 Å². The molecule has 0 bridgehead atoms. The van der Waals surface area contributed by atoms with E-state index in [4.69, 9.17) is 4.99 Å². The third-order valence-electron chi connectivity index (χ3n) is 6.79. The van der Waals surface area contributed by atoms with Crippen molar-refractivity contribution in [1.29, 1.82) is 0 Å². The zero-order valence-corrected chi connectivity index (χ0v) is 22.1. The zero-order valence-electron chi connectivity index (χ0n) is 21.2. The van der Waals surface area contributed by atoms with Crippen LogP contribution in [0.4, 0.5) is 15.8 Å². The number of carbonyl (C=O) groups excluding carboxylic acids is 2. The molecule has 0 unspecified atom stereocenters. The summed E-state index contributed by atoms with van der Waals surface area (Å²) in [5, 5.41) is 3.65. The first-order chi connectivity index (χ1) is 18.6. The number of thioether (sulfide) groups is 1. The van der Waals surface area contributed by atoms with Crippen LogP contribution in [0.25, 0.3) is 0 Å². The zero-order chi connectivity index (χ0) is 26.3. The van der Waals surface area contributed by atoms with Gasteiger partial charge in [-0.05, 0) is 81.4 Å². The highest BCUT2D eigenvalue weighted by molar-refractivity contribution is 8.14. The Labute approximate surface area is 226 Å². The summed E-state index contributed by atoms with van der Waals surface area (Å²) in [5.41, 5.74) is 2.46. The van der Waals surface area contributed by atoms with E-state index in [0.717, 1.165) is 36.6 Å². The summed E-state index contributed by atoms with van der Waals surface area (Å²) in [6.45, 7) is 4.15. The number of amides is 2. The van der Waals surface area contributed by atoms with Gasteiger partial charge in [0.2, 0.25) is 5.91 Å². The van der Waals surface area contributed by atoms with Gasteiger partial charge < -0.3 is 15.1 Å². The summed E-state index contributed by atoms with van der Waals surface area (Å²) in [4.78, 5) is 35.5. The van der Waals surface area contributed by atoms with E-state index < -0.39 is 0 Å². The molecule has 38 heavy (non-hydrogen) atoms. The molecule has 2 amide bonds. The fraction of sp³-hybridized carbons (Fsp3) is 0.300. The maximum atomic E-state index is 14.4. The Hall–Kier alpha value is -3.49. The van der Waals surface area contributed by atoms with Gasteiger partial charge in [0.05, 0.1) is 29.4 Å². The predicted molar refractivity (Wildman–Crippen MR) is 151 cm³/mol. The molecule has 3 aromatic carbocycles. The molecule has 2 aliphatic rings. The van der Waals surface area contributed by atoms with Crippen LogP contribution in [0.1, 0.15) is 41.6 Å². The van der Waals surface area contributed by atoms with E-state index in [-0.39, 0.29) is 30.6 Å². The van der Waals surface area contributed by atoms with Crippen molar-refractivity contribution in [3.05, 3.63) is 89.7 Å². The maximum Gasteiger partial charge on any atom is 0.251 e. The Morgan fingerprint density at radius 2 is 1.71 bits per heavy atom. The lowest BCUT2D eigenvalue weighted by atomic mass is 10.1. The van der Waals surface area contributed by atoms with Crippen LogP contribution < -0.4 is 10.2 Å². The van der Waals surface area contributed by atoms with Gasteiger partial charge in [0.15, 0.2) is 0 Å². The average Bonchev–Trinajstić information content (AvgIpc) is 3.41. The number of hydrogen-bond donors (Lipinski definition) is 1. The minimum absolute atomic E-state index is 0.0950. The van der Waals surface area contributed by atoms with Crippen molar-refractivity contribution in [2.24, 2.45) is 4.99 Å². The molecule has 2 heterocycles. The van der Waals surface area contributed by atoms with Crippen LogP contribution in [0, 0.1) is 5.82 Å². The fourth-order valence-electron chi connectivity index (χ4n) is 4.77. The van der Waals surface area contributed by atoms with Crippen LogP contribution in [-0.2, 0) is 11.3 Å². The van der Waals surface area contributed by atoms with Gasteiger partial charge >= 0.3 is 0 Å². The average molecular weight is 531 g/mol. The topological polar surface area (TPSA) is 65.0 Å². The molecule has 0 radical (unpaired) electrons. The molecular formula is C30H31FN4O2S. The molecule has 0 saturated carbocycles. The Morgan fingerprint density at radius 1 is 0.974 bits per heavy atom. The second-order valence-electron chi connectivity index (χ2n) is 9.53. The second-order valence-corrected chi connectivity index (χ2v) is 10.6. The Morgan fingerprint density at radius 3 is 2.50 bits per heavy atom. The largest absolute Gasteiger partial charge is 0.352 e. The van der Waals surface area contributed by atoms with Crippen molar-refractivity contribution in [1.82, 2.24) is 10.2 Å². The van der Waals surface area contributed by atoms with Crippen molar-refractivity contribution >= 4 is 40.0 Å². The molecule has 2 aliphatic heterocycles. The SMILES string of the molecule is O=C(NCCCN1CCCC1)c1ccc(/N=C2/CC(=O)N(Cc3ccccc3F)c3ccccc3S2)cc1. The number of hydrogen-bond acceptors (Lipinski definition) is 5. The normalized spacial score (nSPS) is 16.9. The molecule has 0 spiro atoms. The quantitative estimate of drug-likeness (QED) is 0.374. The van der Waals surface area contributed by atoms with Crippen molar-refractivity contribution < 1.29 is 14.0 Å². The van der Waals surface area contributed by atoms with E-state index in [1.54, 1.807) is 47.4 Å². The van der Waals surface area contributed by atoms with Crippen LogP contribution in [0.2, 0.25) is 0 Å². The number of aliphatic imine (C=N–C) groups is 1. The fourth-order valence-corrected chi connectivity index (χ4v) is 5.80. The molecule has 5 rings (SSSR count). The standard InChI is InChI=1S/C30H31FN4O2S/c31-25-9-2-1-8-23(25)21-35-26-10-3-4-11-27(26)38-28(20-29(35)36)33-24-14-12-22(13-15-24)30(37)32-16-7-19-34-17-5-6-18-34/h1-4,8-15H,5-7,16-21H2,(H,32,37)/b33-28-. The summed E-state index contributed by atoms with van der Waals surface area (Å²) in [5.74, 6) is -0.573. The van der Waals surface area contributed by atoms with Crippen molar-refractivity contribution in [2.45, 2.75) is 37.1 Å². The number of rotatable bonds is 8. The van der Waals surface area contributed by atoms with Crippen molar-refractivity contribution in [2.75, 3.05) is 31.1 Å². The third kappa shape index (κ3) is 6.49. The molecule has 3 aromatic rings. The van der Waals surface area contributed by atoms with E-state index in [1.807, 2.05) is 24.3 Å². The molecule has 0 aromatic heterocycles. The highest BCUT2D eigenvalue weighted by Crippen LogP contribution is 2.37. The number of likely N-dealkylation sites (tertiary alicyclic amines) is 1. The Kier molecular flexibility index (Phi) is 8.51. The first-order valence-corrected chi connectivity index (χ1v) is 13.9. The lowest BCUT2D eigenvalue weighted by Gasteiger charge is -2.22. The van der Waals surface area contributed by atoms with Crippen molar-refractivity contribution in [3.8, 4) is 0 Å². The molecule has 0 atom stereocenters. The number of nitrogens with one attached hydrogen (secondary N) is 1. The number of anilines is 1. The summed E-state index contributed by atoms with van der Waals surface area (Å²) in [7, 11) is 0. The van der Waals surface area contributed by atoms with Crippen LogP contribution in [0.3, 0.4) is 0 Å². The Balaban J connectivity index is 1.25. The minimum atomic E-state index is -0.334. The van der Waals surface area contributed by atoms with E-state index in [0.29, 0.717) is 28.4 Å². The van der Waals surface area contributed by atoms with Gasteiger partial charge in [-0.15, -0.1) is 0 Å². The van der Waals surface area contributed by atoms with Crippen LogP contribution in [0.5, 0.6) is 0 Å². The minimum Gasteiger partial charge on any atom is -0.352 e. The summed E-state index contributed by atoms with van der Waals surface area (Å²) >= 11 is 1.44. The highest BCUT2D eigenvalue weighted by Gasteiger charge is 2.26. The van der Waals surface area contributed by atoms with Crippen LogP contribution >= 0.6 is 11.8 Å². The van der Waals surface area contributed by atoms with Crippen molar-refractivity contribution in [3.63, 3.8) is 0 Å². The number of benzene rings is 3. The number of nitrogens with zero attached hydrogens (tertiary/aromatic N) is 3. The molecule has 196 valence electrons. The van der Waals surface area contributed by atoms with Gasteiger partial charge in [-0.2, -0.15) is 0 Å². The predicted octanol–water partition coefficient (Wildman–Crippen LogP) is 5.80. The first-order valence-electron chi connectivity index (χ1n) is 13.1. The molecule has 0 aliphatic carbocycles. The smallest absolute Gasteiger partial charge is 0.251 e.